The van der Waals surface area contributed by atoms with Crippen LogP contribution in [0.25, 0.3) is 0 Å². The third kappa shape index (κ3) is 7.61. The van der Waals surface area contributed by atoms with Crippen LogP contribution in [0.15, 0.2) is 12.3 Å². The maximum Gasteiger partial charge on any atom is 0.334 e. The van der Waals surface area contributed by atoms with Gasteiger partial charge in [0.2, 0.25) is 17.6 Å². The zero-order valence-corrected chi connectivity index (χ0v) is 27.7. The highest BCUT2D eigenvalue weighted by molar-refractivity contribution is 6.37. The molecule has 5 N–H and O–H groups in total. The number of urea groups is 1. The highest BCUT2D eigenvalue weighted by Gasteiger charge is 2.70. The van der Waals surface area contributed by atoms with Gasteiger partial charge in [-0.25, -0.2) is 9.59 Å². The molecule has 1 unspecified atom stereocenters. The van der Waals surface area contributed by atoms with Crippen molar-refractivity contribution in [2.24, 2.45) is 39.7 Å². The molecule has 246 valence electrons. The molecule has 1 aliphatic heterocycles. The molecule has 12 nitrogen and oxygen atoms in total. The minimum Gasteiger partial charge on any atom is -0.430 e. The van der Waals surface area contributed by atoms with Gasteiger partial charge in [0.1, 0.15) is 18.1 Å². The third-order valence-electron chi connectivity index (χ3n) is 9.47. The number of likely N-dealkylation sites (tertiary alicyclic amines) is 1. The molecule has 5 amide bonds. The van der Waals surface area contributed by atoms with Crippen molar-refractivity contribution in [2.45, 2.75) is 112 Å². The van der Waals surface area contributed by atoms with Crippen LogP contribution in [-0.2, 0) is 28.7 Å². The van der Waals surface area contributed by atoms with E-state index in [0.717, 1.165) is 19.3 Å². The van der Waals surface area contributed by atoms with Crippen molar-refractivity contribution in [3.8, 4) is 0 Å². The van der Waals surface area contributed by atoms with E-state index in [1.54, 1.807) is 41.5 Å². The van der Waals surface area contributed by atoms with Gasteiger partial charge in [-0.3, -0.25) is 19.2 Å². The van der Waals surface area contributed by atoms with E-state index in [-0.39, 0.29) is 28.9 Å². The number of amides is 5. The summed E-state index contributed by atoms with van der Waals surface area (Å²) in [5.74, 6) is -3.31. The van der Waals surface area contributed by atoms with Gasteiger partial charge in [-0.15, -0.1) is 0 Å². The molecule has 12 heteroatoms. The summed E-state index contributed by atoms with van der Waals surface area (Å²) < 4.78 is 5.17. The van der Waals surface area contributed by atoms with Crippen molar-refractivity contribution >= 4 is 35.5 Å². The first-order chi connectivity index (χ1) is 20.1. The number of piperidine rings is 1. The summed E-state index contributed by atoms with van der Waals surface area (Å²) in [5, 5.41) is 8.17. The maximum absolute atomic E-state index is 14.2. The van der Waals surface area contributed by atoms with E-state index in [1.165, 1.54) is 11.8 Å². The second-order valence-electron chi connectivity index (χ2n) is 15.6. The number of allylic oxidation sites excluding steroid dienone is 1. The lowest BCUT2D eigenvalue weighted by atomic mass is 9.80. The lowest BCUT2D eigenvalue weighted by Gasteiger charge is -2.38. The second kappa shape index (κ2) is 12.5. The maximum atomic E-state index is 14.2. The predicted molar refractivity (Wildman–Crippen MR) is 163 cm³/mol. The molecule has 2 aliphatic carbocycles. The summed E-state index contributed by atoms with van der Waals surface area (Å²) in [5.41, 5.74) is 3.61. The lowest BCUT2D eigenvalue weighted by molar-refractivity contribution is -0.145. The molecular formula is C32H51N5O7. The fourth-order valence-corrected chi connectivity index (χ4v) is 6.51. The Balaban J connectivity index is 1.84. The number of fused-ring (bicyclic) bond motifs is 1. The second-order valence-corrected chi connectivity index (χ2v) is 15.6. The average Bonchev–Trinajstić information content (AvgIpc) is 3.18. The first kappa shape index (κ1) is 35.0. The van der Waals surface area contributed by atoms with Crippen LogP contribution in [0, 0.1) is 34.0 Å². The first-order valence-electron chi connectivity index (χ1n) is 15.5. The molecule has 6 atom stereocenters. The van der Waals surface area contributed by atoms with Gasteiger partial charge in [0.15, 0.2) is 0 Å². The number of hydrogen-bond acceptors (Lipinski definition) is 7. The van der Waals surface area contributed by atoms with Crippen molar-refractivity contribution in [2.75, 3.05) is 6.54 Å². The van der Waals surface area contributed by atoms with Crippen molar-refractivity contribution in [1.29, 1.82) is 0 Å². The SMILES string of the molecule is C=C(C)OC(=O)[C@H](NC(=O)N[C@H](C(=O)N1C[C@H]2[C@@H]([C@H]1C(=O)NC(CC1CCC1)C(=O)C(N)=O)C2(C)C)C(C)(C)C)C(C)(C)C. The number of ketones is 1. The first-order valence-corrected chi connectivity index (χ1v) is 15.5. The van der Waals surface area contributed by atoms with Crippen LogP contribution in [0.5, 0.6) is 0 Å². The molecule has 1 heterocycles. The predicted octanol–water partition coefficient (Wildman–Crippen LogP) is 2.40. The number of hydrogen-bond donors (Lipinski definition) is 4. The molecule has 0 spiro atoms. The quantitative estimate of drug-likeness (QED) is 0.156. The number of nitrogens with zero attached hydrogens (tertiary/aromatic N) is 1. The minimum absolute atomic E-state index is 0.0516. The number of nitrogens with one attached hydrogen (secondary N) is 3. The number of nitrogens with two attached hydrogens (primary N) is 1. The van der Waals surface area contributed by atoms with Gasteiger partial charge in [0.25, 0.3) is 5.91 Å². The number of ether oxygens (including phenoxy) is 1. The van der Waals surface area contributed by atoms with Gasteiger partial charge < -0.3 is 31.3 Å². The molecule has 3 rings (SSSR count). The molecule has 3 fully saturated rings. The smallest absolute Gasteiger partial charge is 0.334 e. The molecule has 3 aliphatic rings. The van der Waals surface area contributed by atoms with E-state index in [0.29, 0.717) is 13.0 Å². The number of Topliss-reactive ketones (excluding diaryl/α,β-unsaturated/α-hetero) is 1. The Morgan fingerprint density at radius 2 is 1.50 bits per heavy atom. The van der Waals surface area contributed by atoms with Crippen molar-refractivity contribution in [1.82, 2.24) is 20.9 Å². The van der Waals surface area contributed by atoms with Gasteiger partial charge in [0, 0.05) is 6.54 Å². The van der Waals surface area contributed by atoms with E-state index in [4.69, 9.17) is 10.5 Å². The number of primary amides is 1. The van der Waals surface area contributed by atoms with E-state index in [9.17, 15) is 28.8 Å². The monoisotopic (exact) mass is 617 g/mol. The number of carbonyl (C=O) groups excluding carboxylic acids is 6. The van der Waals surface area contributed by atoms with Gasteiger partial charge in [-0.2, -0.15) is 0 Å². The third-order valence-corrected chi connectivity index (χ3v) is 9.47. The topological polar surface area (TPSA) is 177 Å². The summed E-state index contributed by atoms with van der Waals surface area (Å²) in [4.78, 5) is 80.0. The molecule has 2 saturated carbocycles. The summed E-state index contributed by atoms with van der Waals surface area (Å²) in [7, 11) is 0. The Bertz CT molecular complexity index is 1210. The molecule has 0 aromatic heterocycles. The summed E-state index contributed by atoms with van der Waals surface area (Å²) >= 11 is 0. The average molecular weight is 618 g/mol. The van der Waals surface area contributed by atoms with Gasteiger partial charge >= 0.3 is 12.0 Å². The van der Waals surface area contributed by atoms with Crippen LogP contribution < -0.4 is 21.7 Å². The van der Waals surface area contributed by atoms with E-state index >= 15 is 0 Å². The van der Waals surface area contributed by atoms with Crippen molar-refractivity contribution < 1.29 is 33.5 Å². The van der Waals surface area contributed by atoms with E-state index < -0.39 is 70.5 Å². The van der Waals surface area contributed by atoms with Crippen LogP contribution in [0.1, 0.15) is 88.0 Å². The largest absolute Gasteiger partial charge is 0.430 e. The Morgan fingerprint density at radius 1 is 0.955 bits per heavy atom. The Morgan fingerprint density at radius 3 is 1.95 bits per heavy atom. The highest BCUT2D eigenvalue weighted by Crippen LogP contribution is 2.65. The standard InChI is InChI=1S/C32H51N5O7/c1-16(2)44-28(42)24(31(6,7)8)36-29(43)35-23(30(3,4)5)27(41)37-15-18-20(32(18,9)10)21(37)26(40)34-19(22(38)25(33)39)14-17-12-11-13-17/h17-21,23-24H,1,11-15H2,2-10H3,(H2,33,39)(H,34,40)(H2,35,36,43)/t18-,19?,20-,21-,23+,24-/m0/s1. The zero-order chi connectivity index (χ0) is 33.5. The van der Waals surface area contributed by atoms with Gasteiger partial charge in [0.05, 0.1) is 11.8 Å². The highest BCUT2D eigenvalue weighted by atomic mass is 16.5. The number of carbonyl (C=O) groups is 6. The lowest BCUT2D eigenvalue weighted by Crippen LogP contribution is -2.62. The van der Waals surface area contributed by atoms with Crippen LogP contribution in [0.4, 0.5) is 4.79 Å². The molecule has 0 aromatic rings. The summed E-state index contributed by atoms with van der Waals surface area (Å²) in [6.07, 6.45) is 3.17. The van der Waals surface area contributed by atoms with E-state index in [2.05, 4.69) is 22.5 Å². The van der Waals surface area contributed by atoms with Crippen molar-refractivity contribution in [3.05, 3.63) is 12.3 Å². The van der Waals surface area contributed by atoms with E-state index in [1.807, 2.05) is 13.8 Å². The summed E-state index contributed by atoms with van der Waals surface area (Å²) in [6.45, 7) is 20.2. The Kier molecular flexibility index (Phi) is 9.97. The van der Waals surface area contributed by atoms with Crippen LogP contribution >= 0.6 is 0 Å². The summed E-state index contributed by atoms with van der Waals surface area (Å²) in [6, 6.07) is -4.79. The van der Waals surface area contributed by atoms with Crippen molar-refractivity contribution in [3.63, 3.8) is 0 Å². The number of esters is 1. The number of rotatable bonds is 11. The molecule has 0 bridgehead atoms. The molecular weight excluding hydrogens is 566 g/mol. The molecule has 1 saturated heterocycles. The van der Waals surface area contributed by atoms with Crippen LogP contribution in [-0.4, -0.2) is 71.1 Å². The molecule has 44 heavy (non-hydrogen) atoms. The fourth-order valence-electron chi connectivity index (χ4n) is 6.51. The zero-order valence-electron chi connectivity index (χ0n) is 27.7. The van der Waals surface area contributed by atoms with Crippen LogP contribution in [0.2, 0.25) is 0 Å². The Hall–Kier alpha value is -3.44. The molecule has 0 aromatic carbocycles. The normalized spacial score (nSPS) is 24.5. The van der Waals surface area contributed by atoms with Gasteiger partial charge in [-0.1, -0.05) is 81.2 Å². The van der Waals surface area contributed by atoms with Crippen LogP contribution in [0.3, 0.4) is 0 Å². The fraction of sp³-hybridized carbons (Fsp3) is 0.750. The van der Waals surface area contributed by atoms with Gasteiger partial charge in [-0.05, 0) is 47.3 Å². The Labute approximate surface area is 260 Å². The molecule has 0 radical (unpaired) electrons. The minimum atomic E-state index is -1.11.